The zero-order valence-electron chi connectivity index (χ0n) is 17.6. The van der Waals surface area contributed by atoms with Crippen molar-refractivity contribution in [3.05, 3.63) is 74.4 Å². The summed E-state index contributed by atoms with van der Waals surface area (Å²) in [5.74, 6) is -1.29. The third-order valence-corrected chi connectivity index (χ3v) is 6.03. The zero-order chi connectivity index (χ0) is 23.0. The lowest BCUT2D eigenvalue weighted by Gasteiger charge is -2.35. The maximum atomic E-state index is 14.6. The van der Waals surface area contributed by atoms with Crippen molar-refractivity contribution in [1.29, 1.82) is 0 Å². The molecule has 166 valence electrons. The first kappa shape index (κ1) is 21.8. The smallest absolute Gasteiger partial charge is 0.267 e. The fourth-order valence-corrected chi connectivity index (χ4v) is 4.29. The van der Waals surface area contributed by atoms with Crippen LogP contribution in [0.2, 0.25) is 5.02 Å². The van der Waals surface area contributed by atoms with E-state index in [1.165, 1.54) is 19.2 Å². The van der Waals surface area contributed by atoms with Gasteiger partial charge < -0.3 is 20.5 Å². The summed E-state index contributed by atoms with van der Waals surface area (Å²) in [6.07, 6.45) is 0.696. The molecule has 0 spiro atoms. The molecular formula is C23H22ClFN4O3. The monoisotopic (exact) mass is 456 g/mol. The lowest BCUT2D eigenvalue weighted by Crippen LogP contribution is -2.41. The highest BCUT2D eigenvalue weighted by Gasteiger charge is 2.27. The number of nitrogens with one attached hydrogen (secondary N) is 3. The van der Waals surface area contributed by atoms with Crippen LogP contribution in [0.1, 0.15) is 34.6 Å². The molecule has 0 saturated heterocycles. The molecule has 0 bridgehead atoms. The van der Waals surface area contributed by atoms with Crippen LogP contribution in [0, 0.1) is 5.82 Å². The van der Waals surface area contributed by atoms with E-state index in [1.807, 2.05) is 25.1 Å². The van der Waals surface area contributed by atoms with E-state index in [4.69, 9.17) is 11.6 Å². The van der Waals surface area contributed by atoms with Gasteiger partial charge >= 0.3 is 0 Å². The van der Waals surface area contributed by atoms with Gasteiger partial charge in [0, 0.05) is 18.6 Å². The summed E-state index contributed by atoms with van der Waals surface area (Å²) in [5.41, 5.74) is 1.76. The molecule has 0 fully saturated rings. The van der Waals surface area contributed by atoms with E-state index in [-0.39, 0.29) is 35.3 Å². The molecule has 0 saturated carbocycles. The van der Waals surface area contributed by atoms with Crippen LogP contribution >= 0.6 is 11.6 Å². The molecule has 3 N–H and O–H groups in total. The van der Waals surface area contributed by atoms with Crippen molar-refractivity contribution in [3.63, 3.8) is 0 Å². The van der Waals surface area contributed by atoms with E-state index in [1.54, 1.807) is 4.90 Å². The average Bonchev–Trinajstić information content (AvgIpc) is 2.77. The minimum absolute atomic E-state index is 0.0690. The third kappa shape index (κ3) is 4.05. The minimum atomic E-state index is -0.657. The molecule has 7 nitrogen and oxygen atoms in total. The highest BCUT2D eigenvalue weighted by molar-refractivity contribution is 6.30. The lowest BCUT2D eigenvalue weighted by atomic mass is 9.93. The highest BCUT2D eigenvalue weighted by atomic mass is 35.5. The van der Waals surface area contributed by atoms with Gasteiger partial charge in [-0.1, -0.05) is 17.7 Å². The van der Waals surface area contributed by atoms with Crippen LogP contribution in [0.25, 0.3) is 10.8 Å². The van der Waals surface area contributed by atoms with Crippen LogP contribution in [0.4, 0.5) is 10.1 Å². The first-order valence-electron chi connectivity index (χ1n) is 10.2. The van der Waals surface area contributed by atoms with Gasteiger partial charge in [-0.2, -0.15) is 0 Å². The van der Waals surface area contributed by atoms with E-state index in [9.17, 15) is 18.8 Å². The quantitative estimate of drug-likeness (QED) is 0.561. The third-order valence-electron chi connectivity index (χ3n) is 5.80. The van der Waals surface area contributed by atoms with Crippen LogP contribution in [-0.2, 0) is 11.2 Å². The number of benzene rings is 2. The van der Waals surface area contributed by atoms with Crippen LogP contribution in [0.5, 0.6) is 0 Å². The molecule has 1 atom stereocenters. The molecule has 4 rings (SSSR count). The Kier molecular flexibility index (Phi) is 5.88. The number of carbonyl (C=O) groups is 2. The molecule has 0 radical (unpaired) electrons. The van der Waals surface area contributed by atoms with Gasteiger partial charge in [-0.15, -0.1) is 0 Å². The lowest BCUT2D eigenvalue weighted by molar-refractivity contribution is -0.131. The molecule has 0 aliphatic carbocycles. The Hall–Kier alpha value is -3.39. The SMILES string of the molecule is CNC(=O)c1cc2cc(NCC(=O)N3CCc4cc(Cl)ccc4[C@@H]3C)c(F)cc2c(=O)[nH]1. The predicted octanol–water partition coefficient (Wildman–Crippen LogP) is 3.24. The fraction of sp³-hybridized carbons (Fsp3) is 0.261. The molecule has 3 aromatic rings. The summed E-state index contributed by atoms with van der Waals surface area (Å²) in [5, 5.41) is 6.45. The van der Waals surface area contributed by atoms with Crippen LogP contribution < -0.4 is 16.2 Å². The molecule has 1 aliphatic heterocycles. The van der Waals surface area contributed by atoms with Gasteiger partial charge in [0.1, 0.15) is 11.5 Å². The molecule has 32 heavy (non-hydrogen) atoms. The number of hydrogen-bond donors (Lipinski definition) is 3. The van der Waals surface area contributed by atoms with Crippen LogP contribution in [0.3, 0.4) is 0 Å². The van der Waals surface area contributed by atoms with Crippen molar-refractivity contribution in [2.24, 2.45) is 0 Å². The number of carbonyl (C=O) groups excluding carboxylic acids is 2. The number of amides is 2. The summed E-state index contributed by atoms with van der Waals surface area (Å²) in [7, 11) is 1.45. The van der Waals surface area contributed by atoms with Crippen LogP contribution in [-0.4, -0.2) is 41.8 Å². The minimum Gasteiger partial charge on any atom is -0.374 e. The summed E-state index contributed by atoms with van der Waals surface area (Å²) >= 11 is 6.07. The van der Waals surface area contributed by atoms with Crippen molar-refractivity contribution in [2.45, 2.75) is 19.4 Å². The van der Waals surface area contributed by atoms with Gasteiger partial charge in [-0.25, -0.2) is 4.39 Å². The van der Waals surface area contributed by atoms with E-state index in [2.05, 4.69) is 15.6 Å². The van der Waals surface area contributed by atoms with Crippen molar-refractivity contribution in [1.82, 2.24) is 15.2 Å². The number of halogens is 2. The summed E-state index contributed by atoms with van der Waals surface area (Å²) in [6, 6.07) is 9.53. The molecule has 1 aromatic heterocycles. The van der Waals surface area contributed by atoms with Gasteiger partial charge in [0.15, 0.2) is 0 Å². The average molecular weight is 457 g/mol. The van der Waals surface area contributed by atoms with Gasteiger partial charge in [0.25, 0.3) is 11.5 Å². The predicted molar refractivity (Wildman–Crippen MR) is 122 cm³/mol. The van der Waals surface area contributed by atoms with Crippen molar-refractivity contribution >= 4 is 39.9 Å². The number of hydrogen-bond acceptors (Lipinski definition) is 4. The number of aromatic nitrogens is 1. The Morgan fingerprint density at radius 1 is 1.25 bits per heavy atom. The van der Waals surface area contributed by atoms with Gasteiger partial charge in [0.05, 0.1) is 23.7 Å². The highest BCUT2D eigenvalue weighted by Crippen LogP contribution is 2.31. The molecule has 2 aromatic carbocycles. The van der Waals surface area contributed by atoms with E-state index < -0.39 is 17.3 Å². The summed E-state index contributed by atoms with van der Waals surface area (Å²) in [4.78, 5) is 41.1. The maximum absolute atomic E-state index is 14.6. The molecule has 2 amide bonds. The Bertz CT molecular complexity index is 1290. The number of rotatable bonds is 4. The standard InChI is InChI=1S/C23H22ClFN4O3/c1-12-16-4-3-15(24)7-13(16)5-6-29(12)21(30)11-27-19-8-14-9-20(23(32)26-2)28-22(31)17(14)10-18(19)25/h3-4,7-10,12,27H,5-6,11H2,1-2H3,(H,26,32)(H,28,31)/t12-/m0/s1. The first-order valence-corrected chi connectivity index (χ1v) is 10.6. The number of aromatic amines is 1. The molecule has 1 aliphatic rings. The van der Waals surface area contributed by atoms with E-state index in [0.717, 1.165) is 17.2 Å². The number of pyridine rings is 1. The van der Waals surface area contributed by atoms with Crippen molar-refractivity contribution in [2.75, 3.05) is 25.5 Å². The summed E-state index contributed by atoms with van der Waals surface area (Å²) < 4.78 is 14.6. The summed E-state index contributed by atoms with van der Waals surface area (Å²) in [6.45, 7) is 2.38. The number of fused-ring (bicyclic) bond motifs is 2. The zero-order valence-corrected chi connectivity index (χ0v) is 18.3. The first-order chi connectivity index (χ1) is 15.3. The second kappa shape index (κ2) is 8.63. The van der Waals surface area contributed by atoms with Gasteiger partial charge in [-0.05, 0) is 60.2 Å². The number of anilines is 1. The van der Waals surface area contributed by atoms with Gasteiger partial charge in [0.2, 0.25) is 5.91 Å². The Balaban J connectivity index is 1.54. The van der Waals surface area contributed by atoms with Crippen molar-refractivity contribution < 1.29 is 14.0 Å². The second-order valence-electron chi connectivity index (χ2n) is 7.72. The van der Waals surface area contributed by atoms with Gasteiger partial charge in [-0.3, -0.25) is 14.4 Å². The Labute approximate surface area is 188 Å². The molecule has 9 heteroatoms. The molecule has 0 unspecified atom stereocenters. The Morgan fingerprint density at radius 2 is 2.03 bits per heavy atom. The fourth-order valence-electron chi connectivity index (χ4n) is 4.09. The van der Waals surface area contributed by atoms with Crippen molar-refractivity contribution in [3.8, 4) is 0 Å². The largest absolute Gasteiger partial charge is 0.374 e. The maximum Gasteiger partial charge on any atom is 0.267 e. The molecule has 2 heterocycles. The second-order valence-corrected chi connectivity index (χ2v) is 8.16. The normalized spacial score (nSPS) is 15.4. The number of H-pyrrole nitrogens is 1. The Morgan fingerprint density at radius 3 is 2.78 bits per heavy atom. The van der Waals surface area contributed by atoms with E-state index in [0.29, 0.717) is 23.4 Å². The number of nitrogens with zero attached hydrogens (tertiary/aromatic N) is 1. The topological polar surface area (TPSA) is 94.3 Å². The van der Waals surface area contributed by atoms with Crippen LogP contribution in [0.15, 0.2) is 41.2 Å². The van der Waals surface area contributed by atoms with E-state index >= 15 is 0 Å². The molecular weight excluding hydrogens is 435 g/mol.